The lowest BCUT2D eigenvalue weighted by molar-refractivity contribution is -0.134. The van der Waals surface area contributed by atoms with E-state index in [0.717, 1.165) is 17.5 Å². The summed E-state index contributed by atoms with van der Waals surface area (Å²) >= 11 is 4.44. The van der Waals surface area contributed by atoms with Gasteiger partial charge >= 0.3 is 0 Å². The van der Waals surface area contributed by atoms with Gasteiger partial charge in [0.15, 0.2) is 0 Å². The molecule has 2 fully saturated rings. The predicted molar refractivity (Wildman–Crippen MR) is 82.9 cm³/mol. The van der Waals surface area contributed by atoms with Crippen LogP contribution < -0.4 is 11.5 Å². The summed E-state index contributed by atoms with van der Waals surface area (Å²) in [6.07, 6.45) is 1.06. The number of nitrogens with two attached hydrogens (primary N) is 2. The minimum atomic E-state index is -0.134. The van der Waals surface area contributed by atoms with Crippen molar-refractivity contribution in [2.45, 2.75) is 25.4 Å². The van der Waals surface area contributed by atoms with Crippen LogP contribution in [-0.4, -0.2) is 29.4 Å². The summed E-state index contributed by atoms with van der Waals surface area (Å²) < 4.78 is 0. The van der Waals surface area contributed by atoms with Gasteiger partial charge in [-0.2, -0.15) is 0 Å². The number of hydrogen-bond acceptors (Lipinski definition) is 4. The Morgan fingerprint density at radius 3 is 2.90 bits per heavy atom. The minimum absolute atomic E-state index is 0.134. The van der Waals surface area contributed by atoms with Crippen LogP contribution in [0.4, 0.5) is 0 Å². The third kappa shape index (κ3) is 2.01. The number of likely N-dealkylation sites (tertiary alicyclic amines) is 1. The number of carbonyl (C=O) groups is 1. The van der Waals surface area contributed by atoms with E-state index in [4.69, 9.17) is 11.5 Å². The summed E-state index contributed by atoms with van der Waals surface area (Å²) in [4.78, 5) is 14.8. The van der Waals surface area contributed by atoms with Gasteiger partial charge in [-0.15, -0.1) is 12.6 Å². The largest absolute Gasteiger partial charge is 0.393 e. The highest BCUT2D eigenvalue weighted by Crippen LogP contribution is 2.51. The average Bonchev–Trinajstić information content (AvgIpc) is 3.11. The van der Waals surface area contributed by atoms with Crippen molar-refractivity contribution in [3.63, 3.8) is 0 Å². The highest BCUT2D eigenvalue weighted by molar-refractivity contribution is 7.90. The Hall–Kier alpha value is -1.46. The Morgan fingerprint density at radius 1 is 1.50 bits per heavy atom. The first-order chi connectivity index (χ1) is 9.54. The van der Waals surface area contributed by atoms with Gasteiger partial charge in [0.25, 0.3) is 5.91 Å². The number of amides is 1. The third-order valence-corrected chi connectivity index (χ3v) is 4.77. The number of hydrogen-bond donors (Lipinski definition) is 3. The lowest BCUT2D eigenvalue weighted by Gasteiger charge is -2.39. The SMILES string of the molecule is Cc1cccc(/C(S)=C(/N)C(=O)N2C(CN)C3CC32)c1. The molecule has 4 nitrogen and oxygen atoms in total. The molecular weight excluding hydrogens is 270 g/mol. The van der Waals surface area contributed by atoms with Crippen LogP contribution in [0.2, 0.25) is 0 Å². The number of nitrogens with zero attached hydrogens (tertiary/aromatic N) is 1. The first kappa shape index (κ1) is 13.5. The molecule has 4 N–H and O–H groups in total. The number of benzene rings is 1. The van der Waals surface area contributed by atoms with Crippen molar-refractivity contribution in [1.29, 1.82) is 0 Å². The van der Waals surface area contributed by atoms with Gasteiger partial charge in [0.1, 0.15) is 5.70 Å². The maximum absolute atomic E-state index is 12.5. The number of carbonyl (C=O) groups excluding carboxylic acids is 1. The minimum Gasteiger partial charge on any atom is -0.393 e. The summed E-state index contributed by atoms with van der Waals surface area (Å²) in [5.41, 5.74) is 13.9. The van der Waals surface area contributed by atoms with Gasteiger partial charge < -0.3 is 16.4 Å². The molecule has 0 radical (unpaired) electrons. The first-order valence-electron chi connectivity index (χ1n) is 6.83. The second kappa shape index (κ2) is 4.82. The summed E-state index contributed by atoms with van der Waals surface area (Å²) in [5.74, 6) is 0.463. The molecule has 1 aliphatic heterocycles. The van der Waals surface area contributed by atoms with E-state index in [1.807, 2.05) is 36.1 Å². The maximum Gasteiger partial charge on any atom is 0.271 e. The predicted octanol–water partition coefficient (Wildman–Crippen LogP) is 1.11. The lowest BCUT2D eigenvalue weighted by Crippen LogP contribution is -2.57. The van der Waals surface area contributed by atoms with Crippen LogP contribution >= 0.6 is 12.6 Å². The fraction of sp³-hybridized carbons (Fsp3) is 0.400. The van der Waals surface area contributed by atoms with Gasteiger partial charge in [0.2, 0.25) is 0 Å². The monoisotopic (exact) mass is 289 g/mol. The van der Waals surface area contributed by atoms with Crippen molar-refractivity contribution in [1.82, 2.24) is 4.90 Å². The van der Waals surface area contributed by atoms with Crippen LogP contribution in [0.5, 0.6) is 0 Å². The van der Waals surface area contributed by atoms with Crippen LogP contribution in [0.25, 0.3) is 4.91 Å². The molecule has 3 rings (SSSR count). The molecule has 3 unspecified atom stereocenters. The third-order valence-electron chi connectivity index (χ3n) is 4.27. The van der Waals surface area contributed by atoms with Crippen LogP contribution in [0.3, 0.4) is 0 Å². The van der Waals surface area contributed by atoms with Crippen molar-refractivity contribution in [3.8, 4) is 0 Å². The van der Waals surface area contributed by atoms with Gasteiger partial charge in [0.05, 0.1) is 0 Å². The zero-order chi connectivity index (χ0) is 14.4. The Kier molecular flexibility index (Phi) is 3.26. The topological polar surface area (TPSA) is 72.4 Å². The summed E-state index contributed by atoms with van der Waals surface area (Å²) in [5, 5.41) is 0. The highest BCUT2D eigenvalue weighted by Gasteiger charge is 2.61. The second-order valence-corrected chi connectivity index (χ2v) is 6.06. The van der Waals surface area contributed by atoms with Gasteiger partial charge in [0, 0.05) is 29.5 Å². The standard InChI is InChI=1S/C15H19N3OS/c1-8-3-2-4-9(5-8)14(20)13(17)15(19)18-11-6-10(11)12(18)7-16/h2-5,10-12,20H,6-7,16-17H2,1H3/b14-13-. The molecule has 1 aromatic rings. The number of fused-ring (bicyclic) bond motifs is 1. The number of rotatable bonds is 3. The van der Waals surface area contributed by atoms with Gasteiger partial charge in [-0.05, 0) is 18.9 Å². The zero-order valence-corrected chi connectivity index (χ0v) is 12.3. The first-order valence-corrected chi connectivity index (χ1v) is 7.27. The summed E-state index contributed by atoms with van der Waals surface area (Å²) in [7, 11) is 0. The second-order valence-electron chi connectivity index (χ2n) is 5.61. The van der Waals surface area contributed by atoms with E-state index >= 15 is 0 Å². The quantitative estimate of drug-likeness (QED) is 0.576. The van der Waals surface area contributed by atoms with E-state index in [9.17, 15) is 4.79 Å². The van der Waals surface area contributed by atoms with E-state index in [1.54, 1.807) is 0 Å². The van der Waals surface area contributed by atoms with Crippen molar-refractivity contribution >= 4 is 23.4 Å². The van der Waals surface area contributed by atoms with Crippen LogP contribution in [0.1, 0.15) is 17.5 Å². The van der Waals surface area contributed by atoms with E-state index in [2.05, 4.69) is 12.6 Å². The fourth-order valence-corrected chi connectivity index (χ4v) is 3.30. The van der Waals surface area contributed by atoms with E-state index in [1.165, 1.54) is 0 Å². The van der Waals surface area contributed by atoms with Crippen molar-refractivity contribution < 1.29 is 4.79 Å². The van der Waals surface area contributed by atoms with Crippen molar-refractivity contribution in [3.05, 3.63) is 41.1 Å². The fourth-order valence-electron chi connectivity index (χ4n) is 3.06. The molecule has 1 saturated carbocycles. The molecule has 5 heteroatoms. The molecule has 0 spiro atoms. The molecule has 20 heavy (non-hydrogen) atoms. The normalized spacial score (nSPS) is 28.4. The number of thiol groups is 1. The Labute approximate surface area is 124 Å². The molecule has 106 valence electrons. The summed E-state index contributed by atoms with van der Waals surface area (Å²) in [6, 6.07) is 8.32. The van der Waals surface area contributed by atoms with Gasteiger partial charge in [-0.1, -0.05) is 29.8 Å². The van der Waals surface area contributed by atoms with E-state index < -0.39 is 0 Å². The van der Waals surface area contributed by atoms with Gasteiger partial charge in [-0.3, -0.25) is 4.79 Å². The smallest absolute Gasteiger partial charge is 0.271 e. The average molecular weight is 289 g/mol. The van der Waals surface area contributed by atoms with E-state index in [-0.39, 0.29) is 17.6 Å². The highest BCUT2D eigenvalue weighted by atomic mass is 32.1. The Balaban J connectivity index is 1.85. The Morgan fingerprint density at radius 2 is 2.25 bits per heavy atom. The molecule has 1 aliphatic carbocycles. The van der Waals surface area contributed by atoms with Crippen LogP contribution in [0, 0.1) is 12.8 Å². The molecular formula is C15H19N3OS. The molecule has 1 aromatic carbocycles. The maximum atomic E-state index is 12.5. The summed E-state index contributed by atoms with van der Waals surface area (Å²) in [6.45, 7) is 2.50. The van der Waals surface area contributed by atoms with Crippen molar-refractivity contribution in [2.75, 3.05) is 6.54 Å². The van der Waals surface area contributed by atoms with Crippen molar-refractivity contribution in [2.24, 2.45) is 17.4 Å². The molecule has 0 bridgehead atoms. The van der Waals surface area contributed by atoms with Gasteiger partial charge in [-0.25, -0.2) is 0 Å². The van der Waals surface area contributed by atoms with E-state index in [0.29, 0.717) is 23.4 Å². The molecule has 0 aromatic heterocycles. The molecule has 2 aliphatic rings. The zero-order valence-electron chi connectivity index (χ0n) is 11.4. The van der Waals surface area contributed by atoms with Crippen LogP contribution in [-0.2, 0) is 4.79 Å². The molecule has 1 amide bonds. The molecule has 3 atom stereocenters. The number of aryl methyl sites for hydroxylation is 1. The lowest BCUT2D eigenvalue weighted by atomic mass is 10.0. The Bertz CT molecular complexity index is 599. The van der Waals surface area contributed by atoms with Crippen LogP contribution in [0.15, 0.2) is 30.0 Å². The molecule has 1 heterocycles. The molecule has 1 saturated heterocycles.